The summed E-state index contributed by atoms with van der Waals surface area (Å²) in [5, 5.41) is 9.72. The molecule has 1 aliphatic heterocycles. The zero-order chi connectivity index (χ0) is 27.5. The summed E-state index contributed by atoms with van der Waals surface area (Å²) in [6, 6.07) is 9.59. The number of nitrogens with zero attached hydrogens (tertiary/aromatic N) is 5. The van der Waals surface area contributed by atoms with Crippen molar-refractivity contribution in [2.24, 2.45) is 5.73 Å². The summed E-state index contributed by atoms with van der Waals surface area (Å²) in [5.41, 5.74) is 8.25. The van der Waals surface area contributed by atoms with Crippen molar-refractivity contribution in [3.05, 3.63) is 42.2 Å². The summed E-state index contributed by atoms with van der Waals surface area (Å²) in [4.78, 5) is 41.4. The van der Waals surface area contributed by atoms with Crippen LogP contribution < -0.4 is 21.7 Å². The van der Waals surface area contributed by atoms with Crippen LogP contribution in [0.4, 0.5) is 16.6 Å². The molecule has 2 saturated carbocycles. The number of hydrogen-bond acceptors (Lipinski definition) is 8. The summed E-state index contributed by atoms with van der Waals surface area (Å²) in [7, 11) is 0. The van der Waals surface area contributed by atoms with Crippen LogP contribution in [0.25, 0.3) is 11.2 Å². The van der Waals surface area contributed by atoms with Gasteiger partial charge >= 0.3 is 6.03 Å². The first-order valence-corrected chi connectivity index (χ1v) is 14.7. The predicted molar refractivity (Wildman–Crippen MR) is 169 cm³/mol. The Morgan fingerprint density at radius 2 is 1.50 bits per heavy atom. The molecule has 2 aliphatic carbocycles. The number of likely N-dealkylation sites (tertiary alicyclic amines) is 1. The van der Waals surface area contributed by atoms with Crippen LogP contribution in [-0.4, -0.2) is 67.6 Å². The molecule has 1 saturated heterocycles. The topological polar surface area (TPSA) is 143 Å². The maximum Gasteiger partial charge on any atom is 0.324 e. The normalized spacial score (nSPS) is 21.3. The number of urea groups is 1. The number of halogens is 2. The summed E-state index contributed by atoms with van der Waals surface area (Å²) >= 11 is 0. The number of benzene rings is 1. The second-order valence-electron chi connectivity index (χ2n) is 11.4. The molecular formula is C29H41Cl2N9O2. The SMILES string of the molecule is Cl.Cl.NC1CCC(Nc2nc(NC3CCN(C(=O)NC(=O)c4ccccc4)CC3)c3ncn(C4CCCC4)c3n2)CC1. The monoisotopic (exact) mass is 617 g/mol. The van der Waals surface area contributed by atoms with Crippen LogP contribution in [0, 0.1) is 0 Å². The maximum absolute atomic E-state index is 12.7. The molecule has 3 aliphatic rings. The maximum atomic E-state index is 12.7. The van der Waals surface area contributed by atoms with Gasteiger partial charge in [-0.25, -0.2) is 9.78 Å². The largest absolute Gasteiger partial charge is 0.365 e. The van der Waals surface area contributed by atoms with E-state index in [4.69, 9.17) is 20.7 Å². The first-order valence-electron chi connectivity index (χ1n) is 14.7. The van der Waals surface area contributed by atoms with Crippen LogP contribution in [0.15, 0.2) is 36.7 Å². The Bertz CT molecular complexity index is 1330. The Balaban J connectivity index is 0.00000202. The average Bonchev–Trinajstić information content (AvgIpc) is 3.65. The van der Waals surface area contributed by atoms with Crippen LogP contribution >= 0.6 is 24.8 Å². The molecule has 0 unspecified atom stereocenters. The number of carbonyl (C=O) groups is 2. The van der Waals surface area contributed by atoms with Gasteiger partial charge in [-0.05, 0) is 63.5 Å². The van der Waals surface area contributed by atoms with Gasteiger partial charge in [-0.3, -0.25) is 10.1 Å². The van der Waals surface area contributed by atoms with Gasteiger partial charge < -0.3 is 25.8 Å². The van der Waals surface area contributed by atoms with E-state index in [2.05, 4.69) is 20.5 Å². The van der Waals surface area contributed by atoms with Crippen LogP contribution in [0.3, 0.4) is 0 Å². The van der Waals surface area contributed by atoms with Crippen molar-refractivity contribution in [1.29, 1.82) is 0 Å². The molecule has 0 bridgehead atoms. The van der Waals surface area contributed by atoms with Gasteiger partial charge in [0.1, 0.15) is 0 Å². The van der Waals surface area contributed by atoms with Gasteiger partial charge in [0.2, 0.25) is 5.95 Å². The van der Waals surface area contributed by atoms with E-state index in [0.29, 0.717) is 36.7 Å². The smallest absolute Gasteiger partial charge is 0.324 e. The number of carbonyl (C=O) groups excluding carboxylic acids is 2. The van der Waals surface area contributed by atoms with Gasteiger partial charge in [-0.1, -0.05) is 31.0 Å². The Kier molecular flexibility index (Phi) is 10.9. The molecule has 0 spiro atoms. The van der Waals surface area contributed by atoms with Crippen molar-refractivity contribution in [2.75, 3.05) is 23.7 Å². The highest BCUT2D eigenvalue weighted by molar-refractivity contribution is 6.04. The van der Waals surface area contributed by atoms with E-state index in [1.807, 2.05) is 12.4 Å². The Morgan fingerprint density at radius 3 is 2.19 bits per heavy atom. The lowest BCUT2D eigenvalue weighted by Gasteiger charge is -2.32. The molecule has 3 fully saturated rings. The molecule has 0 atom stereocenters. The second-order valence-corrected chi connectivity index (χ2v) is 11.4. The number of imidazole rings is 1. The number of piperidine rings is 1. The van der Waals surface area contributed by atoms with Gasteiger partial charge in [0.05, 0.1) is 6.33 Å². The minimum atomic E-state index is -0.382. The van der Waals surface area contributed by atoms with E-state index >= 15 is 0 Å². The zero-order valence-electron chi connectivity index (χ0n) is 23.7. The first kappa shape index (κ1) is 31.8. The molecular weight excluding hydrogens is 577 g/mol. The number of aromatic nitrogens is 4. The molecule has 3 amide bonds. The molecule has 13 heteroatoms. The number of anilines is 2. The summed E-state index contributed by atoms with van der Waals surface area (Å²) < 4.78 is 2.23. The lowest BCUT2D eigenvalue weighted by atomic mass is 9.92. The quantitative estimate of drug-likeness (QED) is 0.306. The molecule has 3 aromatic rings. The number of nitrogens with one attached hydrogen (secondary N) is 3. The number of amides is 3. The minimum Gasteiger partial charge on any atom is -0.365 e. The third-order valence-corrected chi connectivity index (χ3v) is 8.62. The molecule has 3 heterocycles. The Labute approximate surface area is 258 Å². The zero-order valence-corrected chi connectivity index (χ0v) is 25.3. The highest BCUT2D eigenvalue weighted by Crippen LogP contribution is 2.34. The molecule has 1 aromatic carbocycles. The third kappa shape index (κ3) is 7.25. The van der Waals surface area contributed by atoms with E-state index in [9.17, 15) is 9.59 Å². The van der Waals surface area contributed by atoms with Crippen LogP contribution in [0.2, 0.25) is 0 Å². The number of imide groups is 1. The Morgan fingerprint density at radius 1 is 0.833 bits per heavy atom. The molecule has 42 heavy (non-hydrogen) atoms. The molecule has 0 radical (unpaired) electrons. The van der Waals surface area contributed by atoms with Crippen LogP contribution in [0.5, 0.6) is 0 Å². The van der Waals surface area contributed by atoms with Crippen molar-refractivity contribution in [3.8, 4) is 0 Å². The molecule has 11 nitrogen and oxygen atoms in total. The molecule has 6 rings (SSSR count). The number of rotatable bonds is 6. The first-order chi connectivity index (χ1) is 19.5. The van der Waals surface area contributed by atoms with Gasteiger partial charge in [-0.2, -0.15) is 9.97 Å². The minimum absolute atomic E-state index is 0. The predicted octanol–water partition coefficient (Wildman–Crippen LogP) is 4.89. The van der Waals surface area contributed by atoms with E-state index in [1.54, 1.807) is 29.2 Å². The van der Waals surface area contributed by atoms with Crippen molar-refractivity contribution < 1.29 is 9.59 Å². The van der Waals surface area contributed by atoms with E-state index in [-0.39, 0.29) is 48.8 Å². The highest BCUT2D eigenvalue weighted by atomic mass is 35.5. The van der Waals surface area contributed by atoms with Gasteiger partial charge in [0.15, 0.2) is 17.0 Å². The second kappa shape index (κ2) is 14.3. The summed E-state index contributed by atoms with van der Waals surface area (Å²) in [6.45, 7) is 1.09. The van der Waals surface area contributed by atoms with Gasteiger partial charge in [-0.15, -0.1) is 24.8 Å². The summed E-state index contributed by atoms with van der Waals surface area (Å²) in [6.07, 6.45) is 12.2. The number of nitrogens with two attached hydrogens (primary N) is 1. The van der Waals surface area contributed by atoms with Crippen LogP contribution in [0.1, 0.15) is 80.6 Å². The molecule has 2 aromatic heterocycles. The molecule has 228 valence electrons. The Hall–Kier alpha value is -3.15. The fraction of sp³-hybridized carbons (Fsp3) is 0.552. The van der Waals surface area contributed by atoms with Crippen molar-refractivity contribution in [1.82, 2.24) is 29.7 Å². The van der Waals surface area contributed by atoms with E-state index in [1.165, 1.54) is 12.8 Å². The van der Waals surface area contributed by atoms with Crippen molar-refractivity contribution >= 4 is 59.7 Å². The van der Waals surface area contributed by atoms with Crippen LogP contribution in [-0.2, 0) is 0 Å². The fourth-order valence-electron chi connectivity index (χ4n) is 6.24. The fourth-order valence-corrected chi connectivity index (χ4v) is 6.24. The lowest BCUT2D eigenvalue weighted by molar-refractivity contribution is 0.0948. The van der Waals surface area contributed by atoms with Gasteiger partial charge in [0.25, 0.3) is 5.91 Å². The summed E-state index contributed by atoms with van der Waals surface area (Å²) in [5.74, 6) is 0.984. The van der Waals surface area contributed by atoms with Crippen molar-refractivity contribution in [3.63, 3.8) is 0 Å². The third-order valence-electron chi connectivity index (χ3n) is 8.62. The van der Waals surface area contributed by atoms with Gasteiger partial charge in [0, 0.05) is 42.8 Å². The lowest BCUT2D eigenvalue weighted by Crippen LogP contribution is -2.48. The highest BCUT2D eigenvalue weighted by Gasteiger charge is 2.27. The molecule has 5 N–H and O–H groups in total. The number of fused-ring (bicyclic) bond motifs is 1. The van der Waals surface area contributed by atoms with E-state index < -0.39 is 0 Å². The van der Waals surface area contributed by atoms with E-state index in [0.717, 1.165) is 68.3 Å². The average molecular weight is 619 g/mol. The number of hydrogen-bond donors (Lipinski definition) is 4. The standard InChI is InChI=1S/C29H39N9O2.2ClH/c30-20-10-12-21(13-11-20)33-28-34-25(24-26(35-28)38(18-31-24)23-8-4-5-9-23)32-22-14-16-37(17-15-22)29(40)36-27(39)19-6-2-1-3-7-19;;/h1-3,6-7,18,20-23H,4-5,8-17,30H2,(H,36,39,40)(H2,32,33,34,35);2*1H. The van der Waals surface area contributed by atoms with Crippen molar-refractivity contribution in [2.45, 2.75) is 88.4 Å².